The topological polar surface area (TPSA) is 59.9 Å². The first kappa shape index (κ1) is 19.0. The molecule has 0 saturated carbocycles. The minimum atomic E-state index is -0.623. The first-order chi connectivity index (χ1) is 10.3. The zero-order valence-corrected chi connectivity index (χ0v) is 16.2. The fourth-order valence-corrected chi connectivity index (χ4v) is 2.95. The molecule has 1 aromatic carbocycles. The number of benzene rings is 1. The molecule has 1 rings (SSSR count). The number of oxime groups is 1. The monoisotopic (exact) mass is 434 g/mol. The molecule has 1 amide bonds. The van der Waals surface area contributed by atoms with Crippen molar-refractivity contribution < 1.29 is 14.4 Å². The van der Waals surface area contributed by atoms with Gasteiger partial charge in [-0.2, -0.15) is 0 Å². The molecule has 1 N–H and O–H groups in total. The van der Waals surface area contributed by atoms with E-state index < -0.39 is 11.6 Å². The van der Waals surface area contributed by atoms with Crippen molar-refractivity contribution in [2.45, 2.75) is 38.8 Å². The number of carbonyl (C=O) groups is 1. The van der Waals surface area contributed by atoms with Crippen molar-refractivity contribution in [1.82, 2.24) is 5.32 Å². The van der Waals surface area contributed by atoms with Crippen molar-refractivity contribution in [3.8, 4) is 5.75 Å². The van der Waals surface area contributed by atoms with Crippen LogP contribution in [0, 0.1) is 0 Å². The van der Waals surface area contributed by atoms with Gasteiger partial charge in [-0.25, -0.2) is 0 Å². The molecule has 0 aliphatic carbocycles. The Morgan fingerprint density at radius 2 is 1.95 bits per heavy atom. The Labute approximate surface area is 147 Å². The zero-order valence-electron chi connectivity index (χ0n) is 13.0. The van der Waals surface area contributed by atoms with E-state index in [0.717, 1.165) is 8.95 Å². The summed E-state index contributed by atoms with van der Waals surface area (Å²) in [5.41, 5.74) is -0.623. The summed E-state index contributed by atoms with van der Waals surface area (Å²) in [6.07, 6.45) is 1.50. The number of amides is 1. The second-order valence-electron chi connectivity index (χ2n) is 5.25. The van der Waals surface area contributed by atoms with Gasteiger partial charge in [0, 0.05) is 8.95 Å². The maximum Gasteiger partial charge on any atom is 0.261 e. The fourth-order valence-electron chi connectivity index (χ4n) is 1.70. The van der Waals surface area contributed by atoms with Gasteiger partial charge in [0.2, 0.25) is 0 Å². The third-order valence-electron chi connectivity index (χ3n) is 2.70. The third kappa shape index (κ3) is 6.36. The Kier molecular flexibility index (Phi) is 7.35. The highest BCUT2D eigenvalue weighted by molar-refractivity contribution is 9.11. The molecule has 0 aliphatic heterocycles. The van der Waals surface area contributed by atoms with Crippen LogP contribution in [0.25, 0.3) is 0 Å². The number of hydrogen-bond acceptors (Lipinski definition) is 4. The third-order valence-corrected chi connectivity index (χ3v) is 3.62. The van der Waals surface area contributed by atoms with E-state index in [0.29, 0.717) is 12.2 Å². The number of hydrogen-bond donors (Lipinski definition) is 1. The van der Waals surface area contributed by atoms with E-state index in [9.17, 15) is 4.79 Å². The molecule has 0 bridgehead atoms. The van der Waals surface area contributed by atoms with Crippen LogP contribution in [-0.4, -0.2) is 30.9 Å². The molecular formula is C15H20Br2N2O3. The summed E-state index contributed by atoms with van der Waals surface area (Å²) in [6.45, 7) is 5.55. The highest BCUT2D eigenvalue weighted by Gasteiger charge is 2.25. The second kappa shape index (κ2) is 8.53. The summed E-state index contributed by atoms with van der Waals surface area (Å²) >= 11 is 6.79. The van der Waals surface area contributed by atoms with Gasteiger partial charge in [-0.05, 0) is 38.5 Å². The van der Waals surface area contributed by atoms with Crippen molar-refractivity contribution in [2.24, 2.45) is 5.16 Å². The predicted molar refractivity (Wildman–Crippen MR) is 94.3 cm³/mol. The molecule has 0 spiro atoms. The number of rotatable bonds is 7. The minimum absolute atomic E-state index is 0.203. The molecular weight excluding hydrogens is 416 g/mol. The van der Waals surface area contributed by atoms with Gasteiger partial charge in [0.05, 0.1) is 11.8 Å². The van der Waals surface area contributed by atoms with E-state index in [-0.39, 0.29) is 5.91 Å². The zero-order chi connectivity index (χ0) is 16.8. The van der Waals surface area contributed by atoms with Gasteiger partial charge in [-0.15, -0.1) is 0 Å². The summed E-state index contributed by atoms with van der Waals surface area (Å²) in [5.74, 6) is 0.415. The van der Waals surface area contributed by atoms with E-state index in [1.54, 1.807) is 0 Å². The maximum atomic E-state index is 12.4. The molecule has 1 aromatic rings. The van der Waals surface area contributed by atoms with Crippen LogP contribution in [0.4, 0.5) is 0 Å². The lowest BCUT2D eigenvalue weighted by Crippen LogP contribution is -2.50. The number of carbonyl (C=O) groups excluding carboxylic acids is 1. The summed E-state index contributed by atoms with van der Waals surface area (Å²) in [7, 11) is 1.46. The van der Waals surface area contributed by atoms with Crippen LogP contribution in [0.3, 0.4) is 0 Å². The molecule has 0 aromatic heterocycles. The largest absolute Gasteiger partial charge is 0.481 e. The SMILES string of the molecule is CCC(Oc1cc(Br)cc(Br)c1)C(=O)NC(C)(C)C=NOC. The Morgan fingerprint density at radius 3 is 2.45 bits per heavy atom. The van der Waals surface area contributed by atoms with Gasteiger partial charge in [-0.3, -0.25) is 4.79 Å². The molecule has 0 fully saturated rings. The van der Waals surface area contributed by atoms with Gasteiger partial charge < -0.3 is 14.9 Å². The minimum Gasteiger partial charge on any atom is -0.481 e. The fraction of sp³-hybridized carbons (Fsp3) is 0.467. The number of ether oxygens (including phenoxy) is 1. The van der Waals surface area contributed by atoms with E-state index >= 15 is 0 Å². The molecule has 7 heteroatoms. The van der Waals surface area contributed by atoms with Crippen LogP contribution in [0.5, 0.6) is 5.75 Å². The van der Waals surface area contributed by atoms with Crippen molar-refractivity contribution in [3.63, 3.8) is 0 Å². The average molecular weight is 436 g/mol. The highest BCUT2D eigenvalue weighted by atomic mass is 79.9. The van der Waals surface area contributed by atoms with Crippen LogP contribution in [-0.2, 0) is 9.63 Å². The Morgan fingerprint density at radius 1 is 1.36 bits per heavy atom. The molecule has 1 unspecified atom stereocenters. The van der Waals surface area contributed by atoms with Crippen LogP contribution >= 0.6 is 31.9 Å². The number of halogens is 2. The van der Waals surface area contributed by atoms with Crippen molar-refractivity contribution in [2.75, 3.05) is 7.11 Å². The van der Waals surface area contributed by atoms with Gasteiger partial charge in [0.15, 0.2) is 6.10 Å². The smallest absolute Gasteiger partial charge is 0.261 e. The second-order valence-corrected chi connectivity index (χ2v) is 7.08. The molecule has 0 heterocycles. The number of nitrogens with zero attached hydrogens (tertiary/aromatic N) is 1. The average Bonchev–Trinajstić information content (AvgIpc) is 2.41. The van der Waals surface area contributed by atoms with E-state index in [2.05, 4.69) is 47.2 Å². The van der Waals surface area contributed by atoms with E-state index in [4.69, 9.17) is 4.74 Å². The lowest BCUT2D eigenvalue weighted by atomic mass is 10.1. The van der Waals surface area contributed by atoms with Gasteiger partial charge in [-0.1, -0.05) is 43.9 Å². The summed E-state index contributed by atoms with van der Waals surface area (Å²) < 4.78 is 7.54. The summed E-state index contributed by atoms with van der Waals surface area (Å²) in [5, 5.41) is 6.57. The molecule has 122 valence electrons. The number of nitrogens with one attached hydrogen (secondary N) is 1. The van der Waals surface area contributed by atoms with Crippen LogP contribution < -0.4 is 10.1 Å². The van der Waals surface area contributed by atoms with Crippen molar-refractivity contribution in [3.05, 3.63) is 27.1 Å². The van der Waals surface area contributed by atoms with Gasteiger partial charge in [0.25, 0.3) is 5.91 Å². The first-order valence-electron chi connectivity index (χ1n) is 6.80. The molecule has 0 aliphatic rings. The van der Waals surface area contributed by atoms with Gasteiger partial charge >= 0.3 is 0 Å². The molecule has 5 nitrogen and oxygen atoms in total. The predicted octanol–water partition coefficient (Wildman–Crippen LogP) is 3.90. The van der Waals surface area contributed by atoms with E-state index in [1.165, 1.54) is 13.3 Å². The normalized spacial score (nSPS) is 13.0. The first-order valence-corrected chi connectivity index (χ1v) is 8.38. The van der Waals surface area contributed by atoms with Crippen molar-refractivity contribution >= 4 is 44.0 Å². The maximum absolute atomic E-state index is 12.4. The standard InChI is InChI=1S/C15H20Br2N2O3/c1-5-13(14(20)19-15(2,3)9-18-21-4)22-12-7-10(16)6-11(17)8-12/h6-9,13H,5H2,1-4H3,(H,19,20). The van der Waals surface area contributed by atoms with Crippen LogP contribution in [0.2, 0.25) is 0 Å². The van der Waals surface area contributed by atoms with Crippen molar-refractivity contribution in [1.29, 1.82) is 0 Å². The molecule has 0 radical (unpaired) electrons. The van der Waals surface area contributed by atoms with Crippen LogP contribution in [0.15, 0.2) is 32.3 Å². The quantitative estimate of drug-likeness (QED) is 0.521. The Balaban J connectivity index is 2.78. The van der Waals surface area contributed by atoms with E-state index in [1.807, 2.05) is 39.0 Å². The van der Waals surface area contributed by atoms with Crippen LogP contribution in [0.1, 0.15) is 27.2 Å². The summed E-state index contributed by atoms with van der Waals surface area (Å²) in [4.78, 5) is 17.0. The molecule has 22 heavy (non-hydrogen) atoms. The highest BCUT2D eigenvalue weighted by Crippen LogP contribution is 2.26. The molecule has 1 atom stereocenters. The lowest BCUT2D eigenvalue weighted by Gasteiger charge is -2.25. The Hall–Kier alpha value is -1.08. The summed E-state index contributed by atoms with van der Waals surface area (Å²) in [6, 6.07) is 5.54. The Bertz CT molecular complexity index is 527. The lowest BCUT2D eigenvalue weighted by molar-refractivity contribution is -0.129. The molecule has 0 saturated heterocycles. The van der Waals surface area contributed by atoms with Gasteiger partial charge in [0.1, 0.15) is 12.9 Å².